The summed E-state index contributed by atoms with van der Waals surface area (Å²) in [6, 6.07) is 9.98. The minimum Gasteiger partial charge on any atom is -0.494 e. The van der Waals surface area contributed by atoms with E-state index in [1.165, 1.54) is 64.5 Å². The fraction of sp³-hybridized carbons (Fsp3) is 0.483. The molecule has 2 N–H and O–H groups in total. The summed E-state index contributed by atoms with van der Waals surface area (Å²) in [5, 5.41) is 13.0. The number of hydrogen-bond donors (Lipinski definition) is 2. The molecule has 0 fully saturated rings. The Balaban J connectivity index is 0.000000260. The molecule has 0 aliphatic carbocycles. The Morgan fingerprint density at radius 1 is 1.08 bits per heavy atom. The van der Waals surface area contributed by atoms with Crippen LogP contribution in [-0.2, 0) is 5.54 Å². The molecule has 37 heavy (non-hydrogen) atoms. The number of unbranched alkanes of at least 4 members (excludes halogenated alkanes) is 7. The van der Waals surface area contributed by atoms with Gasteiger partial charge in [-0.05, 0) is 51.1 Å². The van der Waals surface area contributed by atoms with E-state index >= 15 is 0 Å². The minimum atomic E-state index is -1.08. The molecule has 3 rings (SSSR count). The van der Waals surface area contributed by atoms with Crippen LogP contribution >= 0.6 is 11.6 Å². The van der Waals surface area contributed by atoms with Gasteiger partial charge >= 0.3 is 5.97 Å². The first-order chi connectivity index (χ1) is 17.8. The fourth-order valence-corrected chi connectivity index (χ4v) is 4.03. The standard InChI is InChI=1S/C16H30N2O.C13H10ClNO3/c1-4-5-6-7-8-9-10-11-12-18-16(2,3)15-17-13-14-19-15;1-18-11-6-5-10(13(16)17)15-12(11)8-3-2-4-9(14)7-8/h13-14,18H,4-12H2,1-3H3;2-7H,1H3,(H,16,17). The van der Waals surface area contributed by atoms with Crippen molar-refractivity contribution < 1.29 is 19.1 Å². The highest BCUT2D eigenvalue weighted by molar-refractivity contribution is 6.30. The van der Waals surface area contributed by atoms with Gasteiger partial charge in [0.25, 0.3) is 0 Å². The molecule has 3 aromatic rings. The minimum absolute atomic E-state index is 0.0363. The summed E-state index contributed by atoms with van der Waals surface area (Å²) in [5.74, 6) is 0.190. The van der Waals surface area contributed by atoms with Crippen LogP contribution in [0.4, 0.5) is 0 Å². The zero-order valence-electron chi connectivity index (χ0n) is 22.4. The smallest absolute Gasteiger partial charge is 0.354 e. The third-order valence-electron chi connectivity index (χ3n) is 5.96. The normalized spacial score (nSPS) is 11.1. The maximum absolute atomic E-state index is 10.9. The lowest BCUT2D eigenvalue weighted by Crippen LogP contribution is -2.37. The van der Waals surface area contributed by atoms with E-state index in [2.05, 4.69) is 36.1 Å². The molecule has 0 aliphatic rings. The number of carbonyl (C=O) groups is 1. The first kappa shape index (κ1) is 30.3. The maximum Gasteiger partial charge on any atom is 0.354 e. The Kier molecular flexibility index (Phi) is 13.2. The molecule has 0 atom stereocenters. The molecule has 0 radical (unpaired) electrons. The molecule has 0 saturated heterocycles. The number of halogens is 1. The number of pyridine rings is 1. The van der Waals surface area contributed by atoms with Gasteiger partial charge in [-0.2, -0.15) is 0 Å². The summed E-state index contributed by atoms with van der Waals surface area (Å²) in [6.07, 6.45) is 14.2. The Bertz CT molecular complexity index is 1070. The van der Waals surface area contributed by atoms with Crippen molar-refractivity contribution in [3.05, 3.63) is 65.5 Å². The van der Waals surface area contributed by atoms with E-state index in [0.717, 1.165) is 12.4 Å². The van der Waals surface area contributed by atoms with Crippen molar-refractivity contribution in [1.82, 2.24) is 15.3 Å². The molecule has 0 unspecified atom stereocenters. The van der Waals surface area contributed by atoms with Crippen molar-refractivity contribution in [2.24, 2.45) is 0 Å². The van der Waals surface area contributed by atoms with Gasteiger partial charge in [-0.3, -0.25) is 0 Å². The summed E-state index contributed by atoms with van der Waals surface area (Å²) >= 11 is 5.91. The van der Waals surface area contributed by atoms with Gasteiger partial charge in [0.2, 0.25) is 5.89 Å². The maximum atomic E-state index is 10.9. The second-order valence-corrected chi connectivity index (χ2v) is 9.86. The van der Waals surface area contributed by atoms with Gasteiger partial charge < -0.3 is 19.6 Å². The lowest BCUT2D eigenvalue weighted by Gasteiger charge is -2.22. The number of hydrogen-bond acceptors (Lipinski definition) is 6. The number of oxazole rings is 1. The predicted molar refractivity (Wildman–Crippen MR) is 148 cm³/mol. The summed E-state index contributed by atoms with van der Waals surface area (Å²) in [6.45, 7) is 7.53. The van der Waals surface area contributed by atoms with Crippen molar-refractivity contribution in [2.75, 3.05) is 13.7 Å². The van der Waals surface area contributed by atoms with Gasteiger partial charge in [0.15, 0.2) is 0 Å². The molecule has 0 aliphatic heterocycles. The number of benzene rings is 1. The van der Waals surface area contributed by atoms with Gasteiger partial charge in [0.1, 0.15) is 23.4 Å². The van der Waals surface area contributed by atoms with Gasteiger partial charge in [0, 0.05) is 10.6 Å². The van der Waals surface area contributed by atoms with Crippen LogP contribution in [0.15, 0.2) is 53.3 Å². The molecule has 8 heteroatoms. The highest BCUT2D eigenvalue weighted by Gasteiger charge is 2.23. The fourth-order valence-electron chi connectivity index (χ4n) is 3.84. The van der Waals surface area contributed by atoms with Crippen LogP contribution in [-0.4, -0.2) is 34.7 Å². The zero-order valence-corrected chi connectivity index (χ0v) is 23.2. The van der Waals surface area contributed by atoms with Gasteiger partial charge in [-0.25, -0.2) is 14.8 Å². The quantitative estimate of drug-likeness (QED) is 0.206. The molecule has 7 nitrogen and oxygen atoms in total. The van der Waals surface area contributed by atoms with E-state index in [0.29, 0.717) is 22.0 Å². The van der Waals surface area contributed by atoms with Crippen molar-refractivity contribution in [2.45, 2.75) is 77.7 Å². The van der Waals surface area contributed by atoms with E-state index in [-0.39, 0.29) is 11.2 Å². The highest BCUT2D eigenvalue weighted by Crippen LogP contribution is 2.29. The van der Waals surface area contributed by atoms with E-state index in [1.807, 2.05) is 0 Å². The van der Waals surface area contributed by atoms with E-state index in [9.17, 15) is 4.79 Å². The Hall–Kier alpha value is -2.90. The summed E-state index contributed by atoms with van der Waals surface area (Å²) in [7, 11) is 1.51. The van der Waals surface area contributed by atoms with Gasteiger partial charge in [-0.15, -0.1) is 0 Å². The SMILES string of the molecule is CCCCCCCCCCNC(C)(C)c1ncco1.COc1ccc(C(=O)O)nc1-c1cccc(Cl)c1. The second-order valence-electron chi connectivity index (χ2n) is 9.43. The monoisotopic (exact) mass is 529 g/mol. The Morgan fingerprint density at radius 2 is 1.78 bits per heavy atom. The van der Waals surface area contributed by atoms with E-state index in [1.54, 1.807) is 42.8 Å². The number of aromatic carboxylic acids is 1. The van der Waals surface area contributed by atoms with Crippen LogP contribution < -0.4 is 10.1 Å². The number of rotatable bonds is 14. The van der Waals surface area contributed by atoms with Crippen LogP contribution in [0.5, 0.6) is 5.75 Å². The van der Waals surface area contributed by atoms with Crippen LogP contribution in [0, 0.1) is 0 Å². The van der Waals surface area contributed by atoms with Crippen LogP contribution in [0.25, 0.3) is 11.3 Å². The summed E-state index contributed by atoms with van der Waals surface area (Å²) < 4.78 is 10.5. The van der Waals surface area contributed by atoms with Gasteiger partial charge in [0.05, 0.1) is 18.8 Å². The molecule has 2 aromatic heterocycles. The lowest BCUT2D eigenvalue weighted by molar-refractivity contribution is 0.0690. The molecular formula is C29H40ClN3O4. The third kappa shape index (κ3) is 10.5. The molecule has 2 heterocycles. The molecule has 0 bridgehead atoms. The van der Waals surface area contributed by atoms with E-state index in [4.69, 9.17) is 25.9 Å². The molecule has 202 valence electrons. The van der Waals surface area contributed by atoms with Gasteiger partial charge in [-0.1, -0.05) is 75.6 Å². The predicted octanol–water partition coefficient (Wildman–Crippen LogP) is 7.75. The van der Waals surface area contributed by atoms with Crippen molar-refractivity contribution in [3.63, 3.8) is 0 Å². The highest BCUT2D eigenvalue weighted by atomic mass is 35.5. The summed E-state index contributed by atoms with van der Waals surface area (Å²) in [5.41, 5.74) is 0.970. The van der Waals surface area contributed by atoms with Crippen molar-refractivity contribution in [3.8, 4) is 17.0 Å². The van der Waals surface area contributed by atoms with Crippen molar-refractivity contribution >= 4 is 17.6 Å². The zero-order chi connectivity index (χ0) is 27.1. The number of ether oxygens (including phenoxy) is 1. The number of nitrogens with one attached hydrogen (secondary N) is 1. The third-order valence-corrected chi connectivity index (χ3v) is 6.19. The molecule has 1 aromatic carbocycles. The number of methoxy groups -OCH3 is 1. The Labute approximate surface area is 225 Å². The Morgan fingerprint density at radius 3 is 2.38 bits per heavy atom. The number of nitrogens with zero attached hydrogens (tertiary/aromatic N) is 2. The largest absolute Gasteiger partial charge is 0.494 e. The van der Waals surface area contributed by atoms with Crippen LogP contribution in [0.2, 0.25) is 5.02 Å². The summed E-state index contributed by atoms with van der Waals surface area (Å²) in [4.78, 5) is 19.2. The number of carboxylic acid groups (broad SMARTS) is 1. The average Bonchev–Trinajstić information content (AvgIpc) is 3.44. The molecular weight excluding hydrogens is 490 g/mol. The topological polar surface area (TPSA) is 97.5 Å². The molecule has 0 saturated carbocycles. The first-order valence-electron chi connectivity index (χ1n) is 13.0. The van der Waals surface area contributed by atoms with Crippen molar-refractivity contribution in [1.29, 1.82) is 0 Å². The number of aromatic nitrogens is 2. The number of carboxylic acids is 1. The molecule has 0 spiro atoms. The van der Waals surface area contributed by atoms with E-state index < -0.39 is 5.97 Å². The average molecular weight is 530 g/mol. The first-order valence-corrected chi connectivity index (χ1v) is 13.4. The second kappa shape index (κ2) is 16.0. The van der Waals surface area contributed by atoms with Crippen LogP contribution in [0.3, 0.4) is 0 Å². The van der Waals surface area contributed by atoms with Crippen LogP contribution in [0.1, 0.15) is 88.5 Å². The lowest BCUT2D eigenvalue weighted by atomic mass is 10.0. The molecule has 0 amide bonds.